The second-order valence-corrected chi connectivity index (χ2v) is 32.0. The summed E-state index contributed by atoms with van der Waals surface area (Å²) in [5.74, 6) is 0.993. The van der Waals surface area contributed by atoms with Crippen molar-refractivity contribution in [2.75, 3.05) is 19.4 Å². The molecule has 2 aliphatic rings. The predicted octanol–water partition coefficient (Wildman–Crippen LogP) is 12.0. The molecule has 0 N–H and O–H groups in total. The monoisotopic (exact) mass is 706 g/mol. The van der Waals surface area contributed by atoms with E-state index in [1.54, 1.807) is 0 Å². The molecular formula is C39H71O5PSi2. The van der Waals surface area contributed by atoms with Crippen LogP contribution in [0.1, 0.15) is 121 Å². The first kappa shape index (κ1) is 40.7. The number of carbonyl (C=O) groups excluding carboxylic acids is 1. The van der Waals surface area contributed by atoms with Crippen LogP contribution in [0.5, 0.6) is 0 Å². The van der Waals surface area contributed by atoms with Gasteiger partial charge in [-0.25, -0.2) is 0 Å². The average molecular weight is 707 g/mol. The molecule has 0 heterocycles. The van der Waals surface area contributed by atoms with Gasteiger partial charge >= 0.3 is 13.6 Å². The van der Waals surface area contributed by atoms with Gasteiger partial charge in [0, 0.05) is 27.7 Å². The maximum Gasteiger partial charge on any atom is 0.330 e. The Morgan fingerprint density at radius 2 is 1.66 bits per heavy atom. The SMILES string of the molecule is CCCCCC[C@@H]1CCc2cc([C@H]3CC[C@@](COP(=O)(CCC[Si](C)(C)C)OCC[Si](C)(C)C)(CC(=O)OC(C)(C)C)C3)ccc2C1. The topological polar surface area (TPSA) is 61.8 Å². The van der Waals surface area contributed by atoms with E-state index in [-0.39, 0.29) is 19.0 Å². The molecule has 0 spiro atoms. The number of aryl methyl sites for hydroxylation is 1. The van der Waals surface area contributed by atoms with Crippen molar-refractivity contribution in [3.05, 3.63) is 34.9 Å². The van der Waals surface area contributed by atoms with Gasteiger partial charge in [0.25, 0.3) is 0 Å². The van der Waals surface area contributed by atoms with Gasteiger partial charge in [-0.3, -0.25) is 9.36 Å². The van der Waals surface area contributed by atoms with E-state index in [4.69, 9.17) is 13.8 Å². The normalized spacial score (nSPS) is 23.4. The summed E-state index contributed by atoms with van der Waals surface area (Å²) in [6, 6.07) is 9.28. The molecular weight excluding hydrogens is 636 g/mol. The number of rotatable bonds is 19. The molecule has 4 atom stereocenters. The molecule has 0 amide bonds. The largest absolute Gasteiger partial charge is 0.460 e. The first-order valence-corrected chi connectivity index (χ1v) is 28.2. The average Bonchev–Trinajstić information content (AvgIpc) is 3.35. The van der Waals surface area contributed by atoms with Crippen LogP contribution in [0.25, 0.3) is 0 Å². The fourth-order valence-corrected chi connectivity index (χ4v) is 11.6. The van der Waals surface area contributed by atoms with Crippen LogP contribution in [-0.4, -0.2) is 47.1 Å². The van der Waals surface area contributed by atoms with Crippen LogP contribution < -0.4 is 0 Å². The number of hydrogen-bond acceptors (Lipinski definition) is 5. The van der Waals surface area contributed by atoms with Gasteiger partial charge in [0.2, 0.25) is 0 Å². The van der Waals surface area contributed by atoms with Gasteiger partial charge in [-0.2, -0.15) is 0 Å². The van der Waals surface area contributed by atoms with Gasteiger partial charge in [-0.1, -0.05) is 103 Å². The van der Waals surface area contributed by atoms with E-state index in [0.29, 0.717) is 18.7 Å². The minimum atomic E-state index is -3.30. The van der Waals surface area contributed by atoms with Crippen molar-refractivity contribution in [1.29, 1.82) is 0 Å². The Balaban J connectivity index is 1.75. The van der Waals surface area contributed by atoms with E-state index in [1.807, 2.05) is 20.8 Å². The van der Waals surface area contributed by atoms with Crippen molar-refractivity contribution >= 4 is 29.7 Å². The van der Waals surface area contributed by atoms with Crippen molar-refractivity contribution in [3.63, 3.8) is 0 Å². The van der Waals surface area contributed by atoms with Crippen LogP contribution in [0.4, 0.5) is 0 Å². The minimum absolute atomic E-state index is 0.189. The molecule has 1 unspecified atom stereocenters. The highest BCUT2D eigenvalue weighted by Crippen LogP contribution is 2.55. The van der Waals surface area contributed by atoms with E-state index < -0.39 is 34.8 Å². The summed E-state index contributed by atoms with van der Waals surface area (Å²) < 4.78 is 32.8. The molecule has 0 aliphatic heterocycles. The molecule has 3 rings (SSSR count). The molecule has 0 saturated heterocycles. The molecule has 1 aromatic rings. The van der Waals surface area contributed by atoms with Crippen LogP contribution in [0.15, 0.2) is 18.2 Å². The summed E-state index contributed by atoms with van der Waals surface area (Å²) in [7, 11) is -5.94. The second kappa shape index (κ2) is 17.5. The third-order valence-corrected chi connectivity index (χ3v) is 15.7. The standard InChI is InChI=1S/C39H71O5PSi2/c1-11-12-13-14-16-32-17-18-34-28-35(20-19-33(34)27-32)36-21-22-39(29-36,30-37(40)44-38(2,3)4)31-43-45(41,24-15-25-46(5,6)7)42-23-26-47(8,9)10/h19-20,28,32,36H,11-18,21-27,29-31H2,1-10H3/t32-,36+,39+,45?/m1/s1. The summed E-state index contributed by atoms with van der Waals surface area (Å²) in [5.41, 5.74) is 3.49. The van der Waals surface area contributed by atoms with Crippen molar-refractivity contribution in [2.45, 2.75) is 174 Å². The first-order valence-electron chi connectivity index (χ1n) is 19.0. The molecule has 1 aromatic carbocycles. The van der Waals surface area contributed by atoms with E-state index in [9.17, 15) is 9.36 Å². The number of esters is 1. The zero-order valence-electron chi connectivity index (χ0n) is 32.1. The summed E-state index contributed by atoms with van der Waals surface area (Å²) in [4.78, 5) is 13.3. The summed E-state index contributed by atoms with van der Waals surface area (Å²) in [5, 5.41) is 0. The second-order valence-electron chi connectivity index (χ2n) is 18.6. The smallest absolute Gasteiger partial charge is 0.330 e. The van der Waals surface area contributed by atoms with Crippen LogP contribution in [0.2, 0.25) is 51.4 Å². The van der Waals surface area contributed by atoms with Gasteiger partial charge in [-0.05, 0) is 100 Å². The number of unbranched alkanes of at least 4 members (excludes halogenated alkanes) is 3. The summed E-state index contributed by atoms with van der Waals surface area (Å²) in [6.45, 7) is 22.8. The molecule has 8 heteroatoms. The lowest BCUT2D eigenvalue weighted by Gasteiger charge is -2.32. The zero-order valence-corrected chi connectivity index (χ0v) is 35.0. The number of benzene rings is 1. The van der Waals surface area contributed by atoms with Crippen molar-refractivity contribution < 1.29 is 23.1 Å². The number of ether oxygens (including phenoxy) is 1. The van der Waals surface area contributed by atoms with Crippen LogP contribution in [-0.2, 0) is 36.0 Å². The lowest BCUT2D eigenvalue weighted by atomic mass is 9.78. The Morgan fingerprint density at radius 1 is 0.936 bits per heavy atom. The molecule has 0 radical (unpaired) electrons. The number of fused-ring (bicyclic) bond motifs is 1. The first-order chi connectivity index (χ1) is 21.8. The van der Waals surface area contributed by atoms with Gasteiger partial charge < -0.3 is 13.8 Å². The molecule has 270 valence electrons. The predicted molar refractivity (Wildman–Crippen MR) is 206 cm³/mol. The number of hydrogen-bond donors (Lipinski definition) is 0. The Kier molecular flexibility index (Phi) is 15.1. The van der Waals surface area contributed by atoms with Gasteiger partial charge in [0.05, 0.1) is 19.6 Å². The highest BCUT2D eigenvalue weighted by Gasteiger charge is 2.44. The Bertz CT molecular complexity index is 1160. The Labute approximate surface area is 291 Å². The van der Waals surface area contributed by atoms with Crippen molar-refractivity contribution in [1.82, 2.24) is 0 Å². The Hall–Kier alpha value is -0.726. The molecule has 2 aliphatic carbocycles. The van der Waals surface area contributed by atoms with Crippen molar-refractivity contribution in [2.24, 2.45) is 11.3 Å². The quantitative estimate of drug-likeness (QED) is 0.0620. The van der Waals surface area contributed by atoms with Crippen molar-refractivity contribution in [3.8, 4) is 0 Å². The molecule has 0 bridgehead atoms. The highest BCUT2D eigenvalue weighted by molar-refractivity contribution is 7.53. The van der Waals surface area contributed by atoms with Gasteiger partial charge in [0.15, 0.2) is 0 Å². The minimum Gasteiger partial charge on any atom is -0.460 e. The zero-order chi connectivity index (χ0) is 34.9. The molecule has 1 saturated carbocycles. The van der Waals surface area contributed by atoms with E-state index in [1.165, 1.54) is 68.1 Å². The lowest BCUT2D eigenvalue weighted by molar-refractivity contribution is -0.158. The fraction of sp³-hybridized carbons (Fsp3) is 0.821. The maximum absolute atomic E-state index is 14.3. The van der Waals surface area contributed by atoms with E-state index in [2.05, 4.69) is 64.4 Å². The number of carbonyl (C=O) groups is 1. The summed E-state index contributed by atoms with van der Waals surface area (Å²) >= 11 is 0. The maximum atomic E-state index is 14.3. The third kappa shape index (κ3) is 15.0. The molecule has 5 nitrogen and oxygen atoms in total. The molecule has 0 aromatic heterocycles. The van der Waals surface area contributed by atoms with E-state index >= 15 is 0 Å². The highest BCUT2D eigenvalue weighted by atomic mass is 31.2. The lowest BCUT2D eigenvalue weighted by Crippen LogP contribution is -2.32. The third-order valence-electron chi connectivity index (χ3n) is 10.2. The molecule has 47 heavy (non-hydrogen) atoms. The Morgan fingerprint density at radius 3 is 2.32 bits per heavy atom. The van der Waals surface area contributed by atoms with E-state index in [0.717, 1.165) is 43.7 Å². The summed E-state index contributed by atoms with van der Waals surface area (Å²) in [6.07, 6.45) is 14.7. The van der Waals surface area contributed by atoms with Gasteiger partial charge in [0.1, 0.15) is 5.60 Å². The van der Waals surface area contributed by atoms with Crippen LogP contribution >= 0.6 is 7.60 Å². The van der Waals surface area contributed by atoms with Crippen LogP contribution in [0, 0.1) is 11.3 Å². The van der Waals surface area contributed by atoms with Gasteiger partial charge in [-0.15, -0.1) is 0 Å². The van der Waals surface area contributed by atoms with Crippen LogP contribution in [0.3, 0.4) is 0 Å². The fourth-order valence-electron chi connectivity index (χ4n) is 7.42. The molecule has 1 fully saturated rings.